The second kappa shape index (κ2) is 25.3. The molecule has 20 heteroatoms. The van der Waals surface area contributed by atoms with Gasteiger partial charge in [0, 0.05) is 75.2 Å². The molecule has 0 unspecified atom stereocenters. The summed E-state index contributed by atoms with van der Waals surface area (Å²) in [5.41, 5.74) is -0.299. The summed E-state index contributed by atoms with van der Waals surface area (Å²) in [4.78, 5) is 26.5. The maximum Gasteiger partial charge on any atom is 0.312 e. The number of aliphatic hydroxyl groups excluding tert-OH is 3. The van der Waals surface area contributed by atoms with Gasteiger partial charge in [0.05, 0.1) is 47.2 Å². The largest absolute Gasteiger partial charge is 0.448 e. The number of halogens is 1. The summed E-state index contributed by atoms with van der Waals surface area (Å²) in [7, 11) is 5.28. The zero-order valence-electron chi connectivity index (χ0n) is 44.1. The lowest BCUT2D eigenvalue weighted by atomic mass is 9.79. The van der Waals surface area contributed by atoms with Crippen molar-refractivity contribution in [1.29, 1.82) is 0 Å². The molecule has 0 amide bonds. The number of aryl methyl sites for hydroxylation is 2. The van der Waals surface area contributed by atoms with E-state index < -0.39 is 100 Å². The second-order valence-electron chi connectivity index (χ2n) is 21.4. The van der Waals surface area contributed by atoms with Gasteiger partial charge < -0.3 is 63.8 Å². The van der Waals surface area contributed by atoms with Crippen LogP contribution < -0.4 is 0 Å². The molecule has 6 rings (SSSR count). The van der Waals surface area contributed by atoms with Crippen LogP contribution in [-0.4, -0.2) is 189 Å². The average Bonchev–Trinajstić information content (AvgIpc) is 3.82. The van der Waals surface area contributed by atoms with Gasteiger partial charge in [0.2, 0.25) is 0 Å². The van der Waals surface area contributed by atoms with Crippen molar-refractivity contribution < 1.29 is 58.7 Å². The van der Waals surface area contributed by atoms with Crippen LogP contribution in [0.5, 0.6) is 0 Å². The Morgan fingerprint density at radius 2 is 1.62 bits per heavy atom. The molecular formula is C52H82IN7O12. The number of aromatic nitrogens is 5. The van der Waals surface area contributed by atoms with Crippen LogP contribution in [-0.2, 0) is 52.6 Å². The average molecular weight is 1120 g/mol. The van der Waals surface area contributed by atoms with Gasteiger partial charge in [-0.05, 0) is 141 Å². The monoisotopic (exact) mass is 1120 g/mol. The number of hydrogen-bond donors (Lipinski definition) is 5. The van der Waals surface area contributed by atoms with Crippen LogP contribution in [0.1, 0.15) is 105 Å². The van der Waals surface area contributed by atoms with E-state index in [9.17, 15) is 30.3 Å². The van der Waals surface area contributed by atoms with Crippen LogP contribution in [0.3, 0.4) is 0 Å². The van der Waals surface area contributed by atoms with E-state index in [1.54, 1.807) is 34.6 Å². The van der Waals surface area contributed by atoms with Crippen LogP contribution in [0.2, 0.25) is 0 Å². The lowest BCUT2D eigenvalue weighted by Crippen LogP contribution is -2.60. The minimum Gasteiger partial charge on any atom is -0.448 e. The molecule has 5 heterocycles. The Morgan fingerprint density at radius 3 is 2.31 bits per heavy atom. The summed E-state index contributed by atoms with van der Waals surface area (Å²) in [6.07, 6.45) is 3.12. The van der Waals surface area contributed by atoms with Gasteiger partial charge in [0.15, 0.2) is 16.7 Å². The van der Waals surface area contributed by atoms with Crippen molar-refractivity contribution in [2.75, 3.05) is 34.3 Å². The molecule has 0 radical (unpaired) electrons. The Labute approximate surface area is 439 Å². The fourth-order valence-electron chi connectivity index (χ4n) is 10.5. The number of rotatable bonds is 15. The predicted octanol–water partition coefficient (Wildman–Crippen LogP) is 4.32. The molecule has 3 aliphatic rings. The second-order valence-corrected chi connectivity index (χ2v) is 22.6. The Balaban J connectivity index is 1.16. The number of benzene rings is 1. The van der Waals surface area contributed by atoms with Crippen LogP contribution in [0.25, 0.3) is 11.1 Å². The molecule has 0 aliphatic carbocycles. The number of unbranched alkanes of at least 4 members (excludes halogenated alkanes) is 1. The summed E-state index contributed by atoms with van der Waals surface area (Å²) in [6.45, 7) is 15.5. The van der Waals surface area contributed by atoms with Gasteiger partial charge in [-0.1, -0.05) is 36.4 Å². The van der Waals surface area contributed by atoms with E-state index >= 15 is 0 Å². The topological polar surface area (TPSA) is 237 Å². The number of carbonyl (C=O) groups excluding carboxylic acids is 1. The summed E-state index contributed by atoms with van der Waals surface area (Å²) < 4.78 is 38.7. The molecule has 5 N–H and O–H groups in total. The Bertz CT molecular complexity index is 2140. The first kappa shape index (κ1) is 58.4. The quantitative estimate of drug-likeness (QED) is 0.0617. The number of aliphatic hydroxyl groups is 5. The predicted molar refractivity (Wildman–Crippen MR) is 276 cm³/mol. The molecular weight excluding hydrogens is 1040 g/mol. The van der Waals surface area contributed by atoms with Gasteiger partial charge in [0.1, 0.15) is 30.2 Å². The van der Waals surface area contributed by atoms with Gasteiger partial charge in [-0.3, -0.25) is 9.48 Å². The van der Waals surface area contributed by atoms with Crippen molar-refractivity contribution in [3.63, 3.8) is 0 Å². The van der Waals surface area contributed by atoms with Crippen LogP contribution in [0.15, 0.2) is 49.2 Å². The Morgan fingerprint density at radius 1 is 0.931 bits per heavy atom. The van der Waals surface area contributed by atoms with Gasteiger partial charge in [-0.25, -0.2) is 9.97 Å². The minimum absolute atomic E-state index is 0.108. The van der Waals surface area contributed by atoms with Gasteiger partial charge in [-0.15, -0.1) is 5.10 Å². The van der Waals surface area contributed by atoms with E-state index in [-0.39, 0.29) is 18.9 Å². The van der Waals surface area contributed by atoms with E-state index in [1.807, 2.05) is 78.7 Å². The molecule has 0 saturated carbocycles. The van der Waals surface area contributed by atoms with Crippen molar-refractivity contribution >= 4 is 28.6 Å². The lowest BCUT2D eigenvalue weighted by molar-refractivity contribution is -0.317. The summed E-state index contributed by atoms with van der Waals surface area (Å²) in [6, 6.07) is 7.56. The van der Waals surface area contributed by atoms with Crippen molar-refractivity contribution in [2.45, 2.75) is 202 Å². The first-order valence-electron chi connectivity index (χ1n) is 25.6. The molecule has 19 nitrogen and oxygen atoms in total. The Hall–Kier alpha value is -2.84. The summed E-state index contributed by atoms with van der Waals surface area (Å²) in [5.74, 6) is -2.57. The third-order valence-electron chi connectivity index (χ3n) is 15.6. The zero-order chi connectivity index (χ0) is 52.7. The van der Waals surface area contributed by atoms with E-state index in [2.05, 4.69) is 49.4 Å². The SMILES string of the molecule is CO[C@]1(C)C[C@H](O[C@H]2[C@H](C)[C@@H](O[C@@H]3O[C@H](C)C[C@H](N(C)CCc4cn(CCCCc5ccc(-c6cncnc6)cc5)nn4)[C@H]3O)[C@](C)(O)CCCN(C)[C@H](C)[C@@H](O)[C@](C)(O)[C@@H](I)OC(=O)[C@@H]2C)O[C@@H](C)[C@@H]1O. The van der Waals surface area contributed by atoms with E-state index in [0.717, 1.165) is 42.6 Å². The van der Waals surface area contributed by atoms with Crippen LogP contribution >= 0.6 is 22.6 Å². The van der Waals surface area contributed by atoms with Crippen molar-refractivity contribution in [1.82, 2.24) is 34.8 Å². The number of likely N-dealkylation sites (N-methyl/N-ethyl adjacent to an activating group) is 2. The number of carbonyl (C=O) groups is 1. The van der Waals surface area contributed by atoms with Crippen LogP contribution in [0.4, 0.5) is 0 Å². The number of alkyl halides is 1. The first-order chi connectivity index (χ1) is 33.9. The highest BCUT2D eigenvalue weighted by atomic mass is 127. The molecule has 3 aliphatic heterocycles. The van der Waals surface area contributed by atoms with Crippen molar-refractivity contribution in [2.24, 2.45) is 11.8 Å². The number of cyclic esters (lactones) is 1. The number of nitrogens with zero attached hydrogens (tertiary/aromatic N) is 7. The van der Waals surface area contributed by atoms with Gasteiger partial charge in [-0.2, -0.15) is 0 Å². The van der Waals surface area contributed by atoms with Crippen molar-refractivity contribution in [3.05, 3.63) is 60.4 Å². The van der Waals surface area contributed by atoms with Gasteiger partial charge in [0.25, 0.3) is 0 Å². The first-order valence-corrected chi connectivity index (χ1v) is 26.8. The highest BCUT2D eigenvalue weighted by molar-refractivity contribution is 14.1. The highest BCUT2D eigenvalue weighted by Crippen LogP contribution is 2.40. The third kappa shape index (κ3) is 14.3. The summed E-state index contributed by atoms with van der Waals surface area (Å²) in [5, 5.41) is 67.8. The van der Waals surface area contributed by atoms with E-state index in [4.69, 9.17) is 28.4 Å². The summed E-state index contributed by atoms with van der Waals surface area (Å²) >= 11 is 1.83. The fourth-order valence-corrected chi connectivity index (χ4v) is 11.1. The highest BCUT2D eigenvalue weighted by Gasteiger charge is 2.52. The van der Waals surface area contributed by atoms with E-state index in [1.165, 1.54) is 25.9 Å². The molecule has 0 spiro atoms. The van der Waals surface area contributed by atoms with Crippen molar-refractivity contribution in [3.8, 4) is 11.1 Å². The molecule has 3 aromatic rings. The molecule has 3 fully saturated rings. The molecule has 2 aromatic heterocycles. The smallest absolute Gasteiger partial charge is 0.312 e. The molecule has 404 valence electrons. The standard InChI is InChI=1S/C52H82IN7O12/c1-31-25-40(59(10)24-20-39-29-60(57-56-39)23-13-12-15-36-16-18-37(19-17-36)38-27-54-30-55-28-38)42(61)48(68-31)71-46-32(2)43(70-41-26-51(7,67-11)45(63)35(5)69-41)33(3)47(64)72-49(53)52(8,66)44(62)34(4)58(9)22-14-21-50(46,6)65/h16-19,27-35,40-46,48-49,61-63,65-66H,12-15,20-26H2,1-11H3/t31-,32+,33-,34-,35+,40+,41+,42-,43+,44-,45+,46-,48+,49+,50-,51-,52+/m1/s1. The number of methoxy groups -OCH3 is 1. The van der Waals surface area contributed by atoms with Crippen LogP contribution in [0, 0.1) is 11.8 Å². The number of hydrogen-bond acceptors (Lipinski definition) is 18. The molecule has 17 atom stereocenters. The van der Waals surface area contributed by atoms with E-state index in [0.29, 0.717) is 32.4 Å². The normalized spacial score (nSPS) is 38.0. The minimum atomic E-state index is -1.84. The molecule has 72 heavy (non-hydrogen) atoms. The zero-order valence-corrected chi connectivity index (χ0v) is 46.2. The molecule has 3 saturated heterocycles. The fraction of sp³-hybridized carbons (Fsp3) is 0.750. The Kier molecular flexibility index (Phi) is 20.6. The number of ether oxygens (including phenoxy) is 6. The molecule has 1 aromatic carbocycles. The number of esters is 1. The maximum atomic E-state index is 14.3. The maximum absolute atomic E-state index is 14.3. The molecule has 0 bridgehead atoms. The lowest BCUT2D eigenvalue weighted by Gasteiger charge is -2.48. The van der Waals surface area contributed by atoms with Gasteiger partial charge >= 0.3 is 5.97 Å². The third-order valence-corrected chi connectivity index (χ3v) is 17.1.